The maximum absolute atomic E-state index is 11.4. The van der Waals surface area contributed by atoms with Crippen LogP contribution in [0.3, 0.4) is 0 Å². The number of esters is 1. The van der Waals surface area contributed by atoms with E-state index in [0.29, 0.717) is 24.9 Å². The summed E-state index contributed by atoms with van der Waals surface area (Å²) in [6, 6.07) is 6.56. The fourth-order valence-electron chi connectivity index (χ4n) is 6.06. The van der Waals surface area contributed by atoms with Crippen LogP contribution in [-0.4, -0.2) is 29.4 Å². The molecule has 1 heterocycles. The normalized spacial score (nSPS) is 22.7. The van der Waals surface area contributed by atoms with E-state index in [-0.39, 0.29) is 17.5 Å². The molecule has 2 unspecified atom stereocenters. The number of aliphatic hydroxyl groups is 1. The van der Waals surface area contributed by atoms with Gasteiger partial charge in [0, 0.05) is 17.8 Å². The second-order valence-corrected chi connectivity index (χ2v) is 11.0. The maximum Gasteiger partial charge on any atom is 0.306 e. The van der Waals surface area contributed by atoms with Crippen molar-refractivity contribution in [1.82, 2.24) is 0 Å². The van der Waals surface area contributed by atoms with Gasteiger partial charge in [0.1, 0.15) is 18.5 Å². The molecule has 0 saturated carbocycles. The van der Waals surface area contributed by atoms with Crippen molar-refractivity contribution in [2.24, 2.45) is 11.8 Å². The Labute approximate surface area is 224 Å². The number of carbonyl (C=O) groups is 1. The van der Waals surface area contributed by atoms with Gasteiger partial charge in [-0.05, 0) is 74.1 Å². The topological polar surface area (TPSA) is 55.8 Å². The van der Waals surface area contributed by atoms with E-state index < -0.39 is 5.60 Å². The molecule has 0 aromatic heterocycles. The van der Waals surface area contributed by atoms with Crippen LogP contribution in [0, 0.1) is 18.8 Å². The minimum absolute atomic E-state index is 0.0658. The Morgan fingerprint density at radius 2 is 1.84 bits per heavy atom. The van der Waals surface area contributed by atoms with Gasteiger partial charge in [-0.3, -0.25) is 4.79 Å². The third kappa shape index (κ3) is 6.39. The Balaban J connectivity index is 1.84. The second-order valence-electron chi connectivity index (χ2n) is 11.0. The first-order valence-corrected chi connectivity index (χ1v) is 14.4. The van der Waals surface area contributed by atoms with Gasteiger partial charge < -0.3 is 14.6 Å². The number of ether oxygens (including phenoxy) is 2. The molecule has 0 radical (unpaired) electrons. The summed E-state index contributed by atoms with van der Waals surface area (Å²) in [5.41, 5.74) is 4.34. The lowest BCUT2D eigenvalue weighted by atomic mass is 9.66. The summed E-state index contributed by atoms with van der Waals surface area (Å²) in [5, 5.41) is 11.0. The minimum atomic E-state index is -0.722. The van der Waals surface area contributed by atoms with Crippen LogP contribution < -0.4 is 4.74 Å². The van der Waals surface area contributed by atoms with E-state index in [9.17, 15) is 9.90 Å². The van der Waals surface area contributed by atoms with E-state index in [2.05, 4.69) is 91.0 Å². The average Bonchev–Trinajstić information content (AvgIpc) is 3.33. The fourth-order valence-corrected chi connectivity index (χ4v) is 6.06. The van der Waals surface area contributed by atoms with Crippen LogP contribution in [0.2, 0.25) is 0 Å². The molecule has 3 rings (SSSR count). The molecule has 37 heavy (non-hydrogen) atoms. The fraction of sp³-hybridized carbons (Fsp3) is 0.606. The van der Waals surface area contributed by atoms with Crippen molar-refractivity contribution < 1.29 is 19.4 Å². The van der Waals surface area contributed by atoms with Gasteiger partial charge in [-0.15, -0.1) is 0 Å². The zero-order valence-corrected chi connectivity index (χ0v) is 24.1. The Bertz CT molecular complexity index is 1020. The largest absolute Gasteiger partial charge is 0.489 e. The SMILES string of the molecule is CC/C(=C\C(O)(CC)CC)C1C=CC(C(CC)(CC)c2ccc(OC[C@@H]3CCC(=O)O3)c(C)c2)=CC1C. The van der Waals surface area contributed by atoms with Crippen LogP contribution >= 0.6 is 0 Å². The number of allylic oxidation sites excluding steroid dienone is 5. The van der Waals surface area contributed by atoms with Gasteiger partial charge in [-0.25, -0.2) is 0 Å². The number of aryl methyl sites for hydroxylation is 1. The van der Waals surface area contributed by atoms with Crippen LogP contribution in [0.25, 0.3) is 0 Å². The van der Waals surface area contributed by atoms with E-state index >= 15 is 0 Å². The van der Waals surface area contributed by atoms with Crippen LogP contribution in [0.1, 0.15) is 97.6 Å². The quantitative estimate of drug-likeness (QED) is 0.231. The summed E-state index contributed by atoms with van der Waals surface area (Å²) in [6.07, 6.45) is 14.8. The van der Waals surface area contributed by atoms with Gasteiger partial charge in [0.15, 0.2) is 0 Å². The van der Waals surface area contributed by atoms with Gasteiger partial charge in [0.25, 0.3) is 0 Å². The minimum Gasteiger partial charge on any atom is -0.489 e. The third-order valence-corrected chi connectivity index (χ3v) is 8.89. The van der Waals surface area contributed by atoms with Crippen molar-refractivity contribution >= 4 is 5.97 Å². The first-order chi connectivity index (χ1) is 17.6. The molecule has 0 amide bonds. The van der Waals surface area contributed by atoms with Crippen LogP contribution in [0.4, 0.5) is 0 Å². The van der Waals surface area contributed by atoms with Gasteiger partial charge in [0.2, 0.25) is 0 Å². The smallest absolute Gasteiger partial charge is 0.306 e. The number of carbonyl (C=O) groups excluding carboxylic acids is 1. The monoisotopic (exact) mass is 508 g/mol. The first-order valence-electron chi connectivity index (χ1n) is 14.4. The lowest BCUT2D eigenvalue weighted by Gasteiger charge is -2.38. The highest BCUT2D eigenvalue weighted by Gasteiger charge is 2.35. The van der Waals surface area contributed by atoms with Crippen LogP contribution in [0.15, 0.2) is 53.6 Å². The van der Waals surface area contributed by atoms with E-state index in [4.69, 9.17) is 9.47 Å². The molecule has 1 N–H and O–H groups in total. The van der Waals surface area contributed by atoms with Crippen molar-refractivity contribution in [3.05, 3.63) is 64.8 Å². The summed E-state index contributed by atoms with van der Waals surface area (Å²) < 4.78 is 11.3. The van der Waals surface area contributed by atoms with Crippen molar-refractivity contribution in [3.63, 3.8) is 0 Å². The Morgan fingerprint density at radius 1 is 1.14 bits per heavy atom. The Morgan fingerprint density at radius 3 is 2.35 bits per heavy atom. The van der Waals surface area contributed by atoms with Gasteiger partial charge >= 0.3 is 5.97 Å². The molecule has 1 fully saturated rings. The van der Waals surface area contributed by atoms with Crippen LogP contribution in [0.5, 0.6) is 5.75 Å². The Hall–Kier alpha value is -2.33. The van der Waals surface area contributed by atoms with Crippen LogP contribution in [-0.2, 0) is 14.9 Å². The molecule has 1 aliphatic heterocycles. The van der Waals surface area contributed by atoms with Crippen molar-refractivity contribution in [1.29, 1.82) is 0 Å². The zero-order valence-electron chi connectivity index (χ0n) is 24.1. The average molecular weight is 509 g/mol. The predicted molar refractivity (Wildman–Crippen MR) is 152 cm³/mol. The van der Waals surface area contributed by atoms with Gasteiger partial charge in [-0.2, -0.15) is 0 Å². The lowest BCUT2D eigenvalue weighted by molar-refractivity contribution is -0.142. The number of benzene rings is 1. The van der Waals surface area contributed by atoms with Crippen molar-refractivity contribution in [3.8, 4) is 5.75 Å². The van der Waals surface area contributed by atoms with E-state index in [1.165, 1.54) is 16.7 Å². The highest BCUT2D eigenvalue weighted by atomic mass is 16.6. The molecule has 3 atom stereocenters. The summed E-state index contributed by atoms with van der Waals surface area (Å²) >= 11 is 0. The lowest BCUT2D eigenvalue weighted by Crippen LogP contribution is -2.30. The molecule has 0 bridgehead atoms. The van der Waals surface area contributed by atoms with E-state index in [1.807, 2.05) is 0 Å². The first kappa shape index (κ1) is 29.2. The molecular weight excluding hydrogens is 460 g/mol. The zero-order chi connectivity index (χ0) is 27.2. The standard InChI is InChI=1S/C33H48O4/c1-8-25(21-32(35,9-2)10-3)29-16-13-26(19-23(29)6)33(11-4,12-5)27-14-17-30(24(7)20-27)36-22-28-15-18-31(34)37-28/h13-14,16-17,19-21,23,28-29,35H,8-12,15,18,22H2,1-7H3/b25-21+/t23?,28-,29?/m0/s1. The van der Waals surface area contributed by atoms with Gasteiger partial charge in [0.05, 0.1) is 5.60 Å². The molecule has 1 saturated heterocycles. The number of hydrogen-bond acceptors (Lipinski definition) is 4. The number of hydrogen-bond donors (Lipinski definition) is 1. The number of rotatable bonds is 12. The van der Waals surface area contributed by atoms with E-state index in [0.717, 1.165) is 49.8 Å². The molecule has 2 aliphatic rings. The van der Waals surface area contributed by atoms with Gasteiger partial charge in [-0.1, -0.05) is 83.6 Å². The highest BCUT2D eigenvalue weighted by molar-refractivity contribution is 5.71. The maximum atomic E-state index is 11.4. The number of cyclic esters (lactones) is 1. The molecule has 4 heteroatoms. The highest BCUT2D eigenvalue weighted by Crippen LogP contribution is 2.45. The van der Waals surface area contributed by atoms with Crippen molar-refractivity contribution in [2.45, 2.75) is 111 Å². The summed E-state index contributed by atoms with van der Waals surface area (Å²) in [5.74, 6) is 1.40. The summed E-state index contributed by atoms with van der Waals surface area (Å²) in [4.78, 5) is 11.4. The molecule has 0 spiro atoms. The molecule has 1 aliphatic carbocycles. The third-order valence-electron chi connectivity index (χ3n) is 8.89. The molecule has 204 valence electrons. The predicted octanol–water partition coefficient (Wildman–Crippen LogP) is 7.77. The molecule has 1 aromatic rings. The molecule has 1 aromatic carbocycles. The Kier molecular flexibility index (Phi) is 9.86. The molecule has 4 nitrogen and oxygen atoms in total. The van der Waals surface area contributed by atoms with E-state index in [1.54, 1.807) is 0 Å². The summed E-state index contributed by atoms with van der Waals surface area (Å²) in [7, 11) is 0. The summed E-state index contributed by atoms with van der Waals surface area (Å²) in [6.45, 7) is 15.7. The van der Waals surface area contributed by atoms with Crippen molar-refractivity contribution in [2.75, 3.05) is 6.61 Å². The molecular formula is C33H48O4. The second kappa shape index (κ2) is 12.5.